The molecule has 1 saturated heterocycles. The average Bonchev–Trinajstić information content (AvgIpc) is 2.99. The van der Waals surface area contributed by atoms with Crippen LogP contribution in [0.1, 0.15) is 47.9 Å². The summed E-state index contributed by atoms with van der Waals surface area (Å²) in [5, 5.41) is 0.909. The summed E-state index contributed by atoms with van der Waals surface area (Å²) in [5.41, 5.74) is 3.07. The molecule has 0 unspecified atom stereocenters. The molecule has 1 aliphatic rings. The van der Waals surface area contributed by atoms with Gasteiger partial charge < -0.3 is 4.74 Å². The molecule has 1 atom stereocenters. The van der Waals surface area contributed by atoms with Gasteiger partial charge in [0.15, 0.2) is 5.65 Å². The summed E-state index contributed by atoms with van der Waals surface area (Å²) in [6.07, 6.45) is 1.99. The van der Waals surface area contributed by atoms with Crippen LogP contribution in [0.3, 0.4) is 0 Å². The molecule has 1 fully saturated rings. The Labute approximate surface area is 168 Å². The van der Waals surface area contributed by atoms with Gasteiger partial charge in [-0.2, -0.15) is 0 Å². The summed E-state index contributed by atoms with van der Waals surface area (Å²) in [6.45, 7) is 9.60. The van der Waals surface area contributed by atoms with Crippen LogP contribution >= 0.6 is 11.3 Å². The zero-order valence-corrected chi connectivity index (χ0v) is 17.5. The van der Waals surface area contributed by atoms with Gasteiger partial charge in [-0.25, -0.2) is 14.4 Å². The van der Waals surface area contributed by atoms with Crippen LogP contribution in [0.5, 0.6) is 5.75 Å². The van der Waals surface area contributed by atoms with E-state index < -0.39 is 0 Å². The van der Waals surface area contributed by atoms with Gasteiger partial charge in [-0.1, -0.05) is 0 Å². The van der Waals surface area contributed by atoms with Crippen molar-refractivity contribution in [3.05, 3.63) is 46.1 Å². The fourth-order valence-electron chi connectivity index (χ4n) is 3.87. The van der Waals surface area contributed by atoms with Gasteiger partial charge in [-0.05, 0) is 46.6 Å². The predicted octanol–water partition coefficient (Wildman–Crippen LogP) is 4.76. The van der Waals surface area contributed by atoms with Gasteiger partial charge >= 0.3 is 0 Å². The lowest BCUT2D eigenvalue weighted by molar-refractivity contribution is 0.0776. The van der Waals surface area contributed by atoms with E-state index in [0.29, 0.717) is 11.3 Å². The summed E-state index contributed by atoms with van der Waals surface area (Å²) in [6, 6.07) is 5.44. The topological polar surface area (TPSA) is 51.1 Å². The second-order valence-corrected chi connectivity index (χ2v) is 8.76. The number of thiazole rings is 1. The Kier molecular flexibility index (Phi) is 5.29. The highest BCUT2D eigenvalue weighted by molar-refractivity contribution is 7.18. The van der Waals surface area contributed by atoms with E-state index in [9.17, 15) is 4.39 Å². The van der Waals surface area contributed by atoms with Crippen LogP contribution in [-0.4, -0.2) is 39.0 Å². The minimum absolute atomic E-state index is 0.0854. The van der Waals surface area contributed by atoms with E-state index in [0.717, 1.165) is 52.8 Å². The number of nitrogens with zero attached hydrogens (tertiary/aromatic N) is 4. The SMILES string of the molecule is Cc1cc(OC2CCN([C@H](C)c3nc4nc(C)sc4cc3F)CC2)cc(C)n1. The van der Waals surface area contributed by atoms with Gasteiger partial charge in [0.05, 0.1) is 21.4 Å². The summed E-state index contributed by atoms with van der Waals surface area (Å²) >= 11 is 1.48. The standard InChI is InChI=1S/C21H25FN4OS/c1-12-9-17(10-13(2)23-12)27-16-5-7-26(8-6-16)14(3)20-18(22)11-19-21(25-20)24-15(4)28-19/h9-11,14,16H,5-8H2,1-4H3/t14-/m1/s1. The van der Waals surface area contributed by atoms with Crippen LogP contribution in [-0.2, 0) is 0 Å². The van der Waals surface area contributed by atoms with Crippen LogP contribution in [0.4, 0.5) is 4.39 Å². The van der Waals surface area contributed by atoms with E-state index in [1.54, 1.807) is 6.07 Å². The van der Waals surface area contributed by atoms with E-state index in [1.165, 1.54) is 11.3 Å². The molecule has 0 N–H and O–H groups in total. The number of halogens is 1. The van der Waals surface area contributed by atoms with E-state index in [1.807, 2.05) is 39.8 Å². The zero-order chi connectivity index (χ0) is 19.8. The number of piperidine rings is 1. The average molecular weight is 401 g/mol. The fourth-order valence-corrected chi connectivity index (χ4v) is 4.66. The minimum Gasteiger partial charge on any atom is -0.490 e. The van der Waals surface area contributed by atoms with Crippen molar-refractivity contribution in [2.75, 3.05) is 13.1 Å². The Bertz CT molecular complexity index is 977. The van der Waals surface area contributed by atoms with Crippen LogP contribution in [0, 0.1) is 26.6 Å². The van der Waals surface area contributed by atoms with E-state index in [2.05, 4.69) is 19.9 Å². The number of pyridine rings is 2. The van der Waals surface area contributed by atoms with Crippen molar-refractivity contribution in [3.63, 3.8) is 0 Å². The monoisotopic (exact) mass is 400 g/mol. The number of likely N-dealkylation sites (tertiary alicyclic amines) is 1. The number of aryl methyl sites for hydroxylation is 3. The van der Waals surface area contributed by atoms with Crippen molar-refractivity contribution in [2.45, 2.75) is 52.7 Å². The molecule has 0 aliphatic carbocycles. The first-order chi connectivity index (χ1) is 13.4. The van der Waals surface area contributed by atoms with Gasteiger partial charge in [-0.15, -0.1) is 11.3 Å². The van der Waals surface area contributed by atoms with Crippen LogP contribution in [0.15, 0.2) is 18.2 Å². The lowest BCUT2D eigenvalue weighted by atomic mass is 10.0. The van der Waals surface area contributed by atoms with E-state index in [4.69, 9.17) is 4.74 Å². The molecule has 0 radical (unpaired) electrons. The Hall–Kier alpha value is -2.12. The second-order valence-electron chi connectivity index (χ2n) is 7.52. The number of hydrogen-bond donors (Lipinski definition) is 0. The predicted molar refractivity (Wildman–Crippen MR) is 109 cm³/mol. The molecule has 4 heterocycles. The summed E-state index contributed by atoms with van der Waals surface area (Å²) in [5.74, 6) is 0.637. The molecule has 1 aliphatic heterocycles. The van der Waals surface area contributed by atoms with Crippen molar-refractivity contribution in [1.82, 2.24) is 19.9 Å². The molecule has 4 rings (SSSR count). The van der Waals surface area contributed by atoms with Crippen molar-refractivity contribution in [2.24, 2.45) is 0 Å². The molecule has 0 amide bonds. The maximum absolute atomic E-state index is 14.6. The molecule has 0 saturated carbocycles. The van der Waals surface area contributed by atoms with E-state index >= 15 is 0 Å². The first-order valence-corrected chi connectivity index (χ1v) is 10.5. The van der Waals surface area contributed by atoms with Crippen LogP contribution < -0.4 is 4.74 Å². The molecule has 3 aromatic heterocycles. The van der Waals surface area contributed by atoms with Gasteiger partial charge in [0.1, 0.15) is 17.7 Å². The maximum Gasteiger partial charge on any atom is 0.171 e. The van der Waals surface area contributed by atoms with Crippen LogP contribution in [0.25, 0.3) is 10.3 Å². The normalized spacial score (nSPS) is 17.2. The molecule has 0 spiro atoms. The molecule has 5 nitrogen and oxygen atoms in total. The molecular weight excluding hydrogens is 375 g/mol. The number of fused-ring (bicyclic) bond motifs is 1. The Morgan fingerprint density at radius 3 is 2.43 bits per heavy atom. The maximum atomic E-state index is 14.6. The third-order valence-electron chi connectivity index (χ3n) is 5.25. The lowest BCUT2D eigenvalue weighted by Gasteiger charge is -2.35. The highest BCUT2D eigenvalue weighted by atomic mass is 32.1. The Morgan fingerprint density at radius 1 is 1.07 bits per heavy atom. The highest BCUT2D eigenvalue weighted by Crippen LogP contribution is 2.30. The third kappa shape index (κ3) is 4.00. The minimum atomic E-state index is -0.246. The summed E-state index contributed by atoms with van der Waals surface area (Å²) < 4.78 is 21.6. The number of ether oxygens (including phenoxy) is 1. The zero-order valence-electron chi connectivity index (χ0n) is 16.7. The number of hydrogen-bond acceptors (Lipinski definition) is 6. The first-order valence-electron chi connectivity index (χ1n) is 9.68. The summed E-state index contributed by atoms with van der Waals surface area (Å²) in [7, 11) is 0. The van der Waals surface area contributed by atoms with Crippen molar-refractivity contribution >= 4 is 21.7 Å². The highest BCUT2D eigenvalue weighted by Gasteiger charge is 2.27. The quantitative estimate of drug-likeness (QED) is 0.632. The molecule has 0 bridgehead atoms. The van der Waals surface area contributed by atoms with Crippen molar-refractivity contribution in [3.8, 4) is 5.75 Å². The Morgan fingerprint density at radius 2 is 1.75 bits per heavy atom. The number of rotatable bonds is 4. The molecule has 0 aromatic carbocycles. The molecule has 28 heavy (non-hydrogen) atoms. The second kappa shape index (κ2) is 7.72. The molecule has 148 valence electrons. The molecule has 3 aromatic rings. The van der Waals surface area contributed by atoms with Gasteiger partial charge in [0.25, 0.3) is 0 Å². The third-order valence-corrected chi connectivity index (χ3v) is 6.16. The van der Waals surface area contributed by atoms with Gasteiger partial charge in [0, 0.05) is 36.6 Å². The first kappa shape index (κ1) is 19.2. The smallest absolute Gasteiger partial charge is 0.171 e. The number of aromatic nitrogens is 3. The van der Waals surface area contributed by atoms with E-state index in [-0.39, 0.29) is 18.0 Å². The van der Waals surface area contributed by atoms with Crippen LogP contribution in [0.2, 0.25) is 0 Å². The molecule has 7 heteroatoms. The molecular formula is C21H25FN4OS. The van der Waals surface area contributed by atoms with Crippen molar-refractivity contribution < 1.29 is 9.13 Å². The Balaban J connectivity index is 1.42. The summed E-state index contributed by atoms with van der Waals surface area (Å²) in [4.78, 5) is 15.6. The largest absolute Gasteiger partial charge is 0.490 e. The van der Waals surface area contributed by atoms with Gasteiger partial charge in [0.2, 0.25) is 0 Å². The van der Waals surface area contributed by atoms with Crippen molar-refractivity contribution in [1.29, 1.82) is 0 Å². The van der Waals surface area contributed by atoms with Gasteiger partial charge in [-0.3, -0.25) is 9.88 Å². The lowest BCUT2D eigenvalue weighted by Crippen LogP contribution is -2.40. The fraction of sp³-hybridized carbons (Fsp3) is 0.476.